The third-order valence-corrected chi connectivity index (χ3v) is 6.92. The van der Waals surface area contributed by atoms with Gasteiger partial charge in [0, 0.05) is 29.3 Å². The SMILES string of the molecule is Cc1ccc(C)n1-c1nc2cc(-c3cccc(-c4cnn([C@H](C)c5ccc(OC(F)(F)F)cc5)c4)c3)ccn2n1. The highest BCUT2D eigenvalue weighted by Crippen LogP contribution is 2.29. The number of pyridine rings is 1. The van der Waals surface area contributed by atoms with Crippen molar-refractivity contribution in [3.63, 3.8) is 0 Å². The number of hydrogen-bond donors (Lipinski definition) is 0. The highest BCUT2D eigenvalue weighted by atomic mass is 19.4. The van der Waals surface area contributed by atoms with Crippen molar-refractivity contribution in [2.24, 2.45) is 0 Å². The number of halogens is 3. The standard InChI is InChI=1S/C30H25F3N6O/c1-19-7-8-20(2)39(19)29-35-28-16-25(13-14-37(28)36-29)23-5-4-6-24(15-23)26-17-34-38(18-26)21(3)22-9-11-27(12-10-22)40-30(31,32)33/h4-18,21H,1-3H3/t21-/m1/s1. The molecule has 0 amide bonds. The summed E-state index contributed by atoms with van der Waals surface area (Å²) in [6, 6.07) is 21.9. The molecule has 0 radical (unpaired) electrons. The van der Waals surface area contributed by atoms with Crippen LogP contribution >= 0.6 is 0 Å². The summed E-state index contributed by atoms with van der Waals surface area (Å²) in [7, 11) is 0. The molecule has 0 aliphatic rings. The van der Waals surface area contributed by atoms with Gasteiger partial charge in [-0.15, -0.1) is 18.3 Å². The molecule has 0 N–H and O–H groups in total. The number of aryl methyl sites for hydroxylation is 2. The van der Waals surface area contributed by atoms with Gasteiger partial charge in [0.05, 0.1) is 12.2 Å². The Hall–Kier alpha value is -4.86. The van der Waals surface area contributed by atoms with E-state index in [2.05, 4.69) is 21.0 Å². The number of nitrogens with zero attached hydrogens (tertiary/aromatic N) is 6. The van der Waals surface area contributed by atoms with Gasteiger partial charge in [0.25, 0.3) is 5.95 Å². The Morgan fingerprint density at radius 1 is 0.825 bits per heavy atom. The fourth-order valence-electron chi connectivity index (χ4n) is 4.81. The van der Waals surface area contributed by atoms with Gasteiger partial charge in [-0.05, 0) is 85.5 Å². The van der Waals surface area contributed by atoms with Crippen LogP contribution in [0.25, 0.3) is 33.8 Å². The van der Waals surface area contributed by atoms with Crippen molar-refractivity contribution >= 4 is 5.65 Å². The molecular formula is C30H25F3N6O. The molecular weight excluding hydrogens is 517 g/mol. The molecule has 6 rings (SSSR count). The summed E-state index contributed by atoms with van der Waals surface area (Å²) in [4.78, 5) is 4.76. The zero-order chi connectivity index (χ0) is 28.0. The molecule has 0 fully saturated rings. The second kappa shape index (κ2) is 9.71. The number of aromatic nitrogens is 6. The van der Waals surface area contributed by atoms with E-state index in [0.717, 1.165) is 44.9 Å². The van der Waals surface area contributed by atoms with Gasteiger partial charge in [0.2, 0.25) is 0 Å². The van der Waals surface area contributed by atoms with E-state index in [4.69, 9.17) is 4.98 Å². The molecule has 40 heavy (non-hydrogen) atoms. The molecule has 2 aromatic carbocycles. The van der Waals surface area contributed by atoms with Crippen LogP contribution in [-0.2, 0) is 0 Å². The van der Waals surface area contributed by atoms with Crippen LogP contribution < -0.4 is 4.74 Å². The Labute approximate surface area is 228 Å². The zero-order valence-electron chi connectivity index (χ0n) is 22.0. The summed E-state index contributed by atoms with van der Waals surface area (Å²) in [5.41, 5.74) is 7.66. The zero-order valence-corrected chi connectivity index (χ0v) is 22.0. The molecule has 0 bridgehead atoms. The number of hydrogen-bond acceptors (Lipinski definition) is 4. The Balaban J connectivity index is 1.24. The number of alkyl halides is 3. The van der Waals surface area contributed by atoms with Crippen LogP contribution in [0.2, 0.25) is 0 Å². The molecule has 7 nitrogen and oxygen atoms in total. The molecule has 0 saturated carbocycles. The summed E-state index contributed by atoms with van der Waals surface area (Å²) in [6.07, 6.45) is 0.905. The van der Waals surface area contributed by atoms with Crippen molar-refractivity contribution in [2.45, 2.75) is 33.2 Å². The van der Waals surface area contributed by atoms with Crippen LogP contribution in [0.1, 0.15) is 29.9 Å². The molecule has 6 aromatic rings. The van der Waals surface area contributed by atoms with Crippen molar-refractivity contribution in [1.29, 1.82) is 0 Å². The lowest BCUT2D eigenvalue weighted by Gasteiger charge is -2.14. The average molecular weight is 543 g/mol. The maximum Gasteiger partial charge on any atom is 0.573 e. The lowest BCUT2D eigenvalue weighted by Crippen LogP contribution is -2.17. The van der Waals surface area contributed by atoms with Gasteiger partial charge in [0.1, 0.15) is 5.75 Å². The summed E-state index contributed by atoms with van der Waals surface area (Å²) in [5.74, 6) is 0.381. The van der Waals surface area contributed by atoms with E-state index in [9.17, 15) is 13.2 Å². The predicted octanol–water partition coefficient (Wildman–Crippen LogP) is 7.18. The van der Waals surface area contributed by atoms with Crippen molar-refractivity contribution in [3.8, 4) is 34.0 Å². The number of rotatable bonds is 6. The maximum atomic E-state index is 12.5. The van der Waals surface area contributed by atoms with Gasteiger partial charge in [-0.1, -0.05) is 30.3 Å². The monoisotopic (exact) mass is 542 g/mol. The highest BCUT2D eigenvalue weighted by Gasteiger charge is 2.31. The van der Waals surface area contributed by atoms with E-state index in [1.807, 2.05) is 80.2 Å². The topological polar surface area (TPSA) is 62.2 Å². The minimum atomic E-state index is -4.72. The smallest absolute Gasteiger partial charge is 0.406 e. The van der Waals surface area contributed by atoms with E-state index >= 15 is 0 Å². The first kappa shape index (κ1) is 25.4. The van der Waals surface area contributed by atoms with Crippen LogP contribution in [0.4, 0.5) is 13.2 Å². The molecule has 4 heterocycles. The molecule has 1 atom stereocenters. The summed E-state index contributed by atoms with van der Waals surface area (Å²) >= 11 is 0. The van der Waals surface area contributed by atoms with Crippen LogP contribution in [0.15, 0.2) is 91.4 Å². The lowest BCUT2D eigenvalue weighted by molar-refractivity contribution is -0.274. The Morgan fingerprint density at radius 2 is 1.50 bits per heavy atom. The molecule has 0 aliphatic carbocycles. The van der Waals surface area contributed by atoms with Gasteiger partial charge >= 0.3 is 6.36 Å². The predicted molar refractivity (Wildman–Crippen MR) is 145 cm³/mol. The lowest BCUT2D eigenvalue weighted by atomic mass is 10.0. The van der Waals surface area contributed by atoms with Crippen molar-refractivity contribution < 1.29 is 17.9 Å². The first-order valence-corrected chi connectivity index (χ1v) is 12.7. The second-order valence-corrected chi connectivity index (χ2v) is 9.66. The van der Waals surface area contributed by atoms with Crippen molar-refractivity contribution in [3.05, 3.63) is 108 Å². The Kier molecular flexibility index (Phi) is 6.17. The minimum Gasteiger partial charge on any atom is -0.406 e. The quantitative estimate of drug-likeness (QED) is 0.224. The molecule has 4 aromatic heterocycles. The van der Waals surface area contributed by atoms with E-state index < -0.39 is 6.36 Å². The van der Waals surface area contributed by atoms with E-state index in [0.29, 0.717) is 5.95 Å². The molecule has 10 heteroatoms. The van der Waals surface area contributed by atoms with Crippen LogP contribution in [0.5, 0.6) is 5.75 Å². The second-order valence-electron chi connectivity index (χ2n) is 9.66. The highest BCUT2D eigenvalue weighted by molar-refractivity contribution is 5.74. The first-order valence-electron chi connectivity index (χ1n) is 12.7. The Bertz CT molecular complexity index is 1790. The summed E-state index contributed by atoms with van der Waals surface area (Å²) in [5, 5.41) is 9.16. The van der Waals surface area contributed by atoms with Crippen molar-refractivity contribution in [1.82, 2.24) is 28.9 Å². The van der Waals surface area contributed by atoms with Gasteiger partial charge < -0.3 is 4.74 Å². The fourth-order valence-corrected chi connectivity index (χ4v) is 4.81. The third-order valence-electron chi connectivity index (χ3n) is 6.92. The molecule has 202 valence electrons. The van der Waals surface area contributed by atoms with E-state index in [1.165, 1.54) is 12.1 Å². The average Bonchev–Trinajstić information content (AvgIpc) is 3.66. The van der Waals surface area contributed by atoms with E-state index in [1.54, 1.807) is 27.5 Å². The molecule has 0 unspecified atom stereocenters. The summed E-state index contributed by atoms with van der Waals surface area (Å²) in [6.45, 7) is 6.00. The largest absolute Gasteiger partial charge is 0.573 e. The Morgan fingerprint density at radius 3 is 2.20 bits per heavy atom. The van der Waals surface area contributed by atoms with Crippen LogP contribution in [0, 0.1) is 13.8 Å². The minimum absolute atomic E-state index is 0.186. The summed E-state index contributed by atoms with van der Waals surface area (Å²) < 4.78 is 47.0. The maximum absolute atomic E-state index is 12.5. The van der Waals surface area contributed by atoms with E-state index in [-0.39, 0.29) is 11.8 Å². The third kappa shape index (κ3) is 4.95. The van der Waals surface area contributed by atoms with Crippen LogP contribution in [0.3, 0.4) is 0 Å². The van der Waals surface area contributed by atoms with Gasteiger partial charge in [-0.3, -0.25) is 9.25 Å². The number of fused-ring (bicyclic) bond motifs is 1. The normalized spacial score (nSPS) is 12.7. The van der Waals surface area contributed by atoms with Gasteiger partial charge in [0.15, 0.2) is 5.65 Å². The fraction of sp³-hybridized carbons (Fsp3) is 0.167. The molecule has 0 saturated heterocycles. The molecule has 0 spiro atoms. The van der Waals surface area contributed by atoms with Crippen molar-refractivity contribution in [2.75, 3.05) is 0 Å². The number of benzene rings is 2. The first-order chi connectivity index (χ1) is 19.1. The molecule has 0 aliphatic heterocycles. The number of ether oxygens (including phenoxy) is 1. The van der Waals surface area contributed by atoms with Gasteiger partial charge in [-0.25, -0.2) is 4.52 Å². The van der Waals surface area contributed by atoms with Crippen LogP contribution in [-0.4, -0.2) is 35.3 Å². The van der Waals surface area contributed by atoms with Gasteiger partial charge in [-0.2, -0.15) is 10.1 Å².